The summed E-state index contributed by atoms with van der Waals surface area (Å²) in [6.07, 6.45) is 25.1. The van der Waals surface area contributed by atoms with Crippen molar-refractivity contribution in [1.29, 1.82) is 0 Å². The molecule has 0 spiro atoms. The molecule has 480 valence electrons. The van der Waals surface area contributed by atoms with Gasteiger partial charge in [0.25, 0.3) is 0 Å². The lowest BCUT2D eigenvalue weighted by molar-refractivity contribution is 0.0709. The van der Waals surface area contributed by atoms with Crippen LogP contribution in [0.25, 0.3) is 67.2 Å². The van der Waals surface area contributed by atoms with Crippen molar-refractivity contribution in [2.24, 2.45) is 13.0 Å². The second-order valence-electron chi connectivity index (χ2n) is 25.9. The molecule has 4 aliphatic heterocycles. The number of H-pyrrole nitrogens is 2. The Morgan fingerprint density at radius 1 is 0.576 bits per heavy atom. The summed E-state index contributed by atoms with van der Waals surface area (Å²) in [5.74, 6) is 2.88. The third-order valence-corrected chi connectivity index (χ3v) is 18.6. The summed E-state index contributed by atoms with van der Waals surface area (Å²) < 4.78 is 20.6. The monoisotopic (exact) mass is 1250 g/mol. The molecule has 0 radical (unpaired) electrons. The van der Waals surface area contributed by atoms with Crippen LogP contribution in [0.15, 0.2) is 110 Å². The minimum atomic E-state index is -0.662. The summed E-state index contributed by atoms with van der Waals surface area (Å²) in [5, 5.41) is 86.2. The maximum absolute atomic E-state index is 13.4. The average molecular weight is 1250 g/mol. The molecule has 9 aromatic rings. The van der Waals surface area contributed by atoms with E-state index < -0.39 is 6.17 Å². The highest BCUT2D eigenvalue weighted by atomic mass is 19.1. The van der Waals surface area contributed by atoms with Gasteiger partial charge in [0.1, 0.15) is 40.5 Å². The minimum absolute atomic E-state index is 0.0522. The zero-order valence-electron chi connectivity index (χ0n) is 52.4. The zero-order chi connectivity index (χ0) is 63.3. The summed E-state index contributed by atoms with van der Waals surface area (Å²) in [6.45, 7) is 13.6. The van der Waals surface area contributed by atoms with Crippen LogP contribution in [0.4, 0.5) is 22.2 Å². The fourth-order valence-corrected chi connectivity index (χ4v) is 13.7. The van der Waals surface area contributed by atoms with Crippen molar-refractivity contribution in [2.75, 3.05) is 67.2 Å². The van der Waals surface area contributed by atoms with E-state index in [0.29, 0.717) is 88.5 Å². The molecule has 6 aliphatic rings. The van der Waals surface area contributed by atoms with Gasteiger partial charge in [0.2, 0.25) is 17.8 Å². The first kappa shape index (κ1) is 61.7. The molecule has 26 heteroatoms. The van der Waals surface area contributed by atoms with Crippen LogP contribution < -0.4 is 30.7 Å². The molecule has 0 amide bonds. The van der Waals surface area contributed by atoms with E-state index in [-0.39, 0.29) is 34.4 Å². The number of nitrogens with one attached hydrogen (secondary N) is 5. The number of aryl methyl sites for hydroxylation is 1. The second-order valence-corrected chi connectivity index (χ2v) is 25.9. The van der Waals surface area contributed by atoms with Crippen LogP contribution in [0.3, 0.4) is 0 Å². The number of rotatable bonds is 16. The van der Waals surface area contributed by atoms with Crippen molar-refractivity contribution < 1.29 is 24.4 Å². The molecule has 2 aliphatic carbocycles. The number of alkyl halides is 1. The maximum atomic E-state index is 13.4. The molecule has 5 unspecified atom stereocenters. The number of aromatic amines is 2. The normalized spacial score (nSPS) is 22.0. The number of hydrogen-bond donors (Lipinski definition) is 8. The van der Waals surface area contributed by atoms with Crippen molar-refractivity contribution >= 4 is 17.8 Å². The maximum Gasteiger partial charge on any atom is 0.245 e. The first-order valence-electron chi connectivity index (χ1n) is 32.0. The van der Waals surface area contributed by atoms with Crippen LogP contribution in [0.5, 0.6) is 17.2 Å². The quantitative estimate of drug-likeness (QED) is 0.0453. The number of nitrogens with zero attached hydrogens (tertiary/aromatic N) is 16. The molecule has 15 rings (SSSR count). The molecule has 0 bridgehead atoms. The summed E-state index contributed by atoms with van der Waals surface area (Å²) in [7, 11) is 1.86. The molecule has 3 aromatic carbocycles. The average Bonchev–Trinajstić information content (AvgIpc) is 1.61. The number of benzene rings is 3. The molecule has 2 saturated carbocycles. The number of ether oxygens (including phenoxy) is 1. The van der Waals surface area contributed by atoms with Crippen molar-refractivity contribution in [3.63, 3.8) is 0 Å². The molecule has 4 saturated heterocycles. The zero-order valence-corrected chi connectivity index (χ0v) is 52.4. The Hall–Kier alpha value is -9.11. The van der Waals surface area contributed by atoms with Gasteiger partial charge >= 0.3 is 0 Å². The van der Waals surface area contributed by atoms with E-state index in [9.17, 15) is 19.7 Å². The Morgan fingerprint density at radius 2 is 1.12 bits per heavy atom. The Morgan fingerprint density at radius 3 is 1.59 bits per heavy atom. The molecule has 25 nitrogen and oxygen atoms in total. The van der Waals surface area contributed by atoms with Gasteiger partial charge in [-0.1, -0.05) is 32.0 Å². The van der Waals surface area contributed by atoms with E-state index in [1.54, 1.807) is 78.5 Å². The molecule has 92 heavy (non-hydrogen) atoms. The predicted molar refractivity (Wildman–Crippen MR) is 347 cm³/mol. The molecule has 8 N–H and O–H groups in total. The van der Waals surface area contributed by atoms with E-state index in [1.807, 2.05) is 43.6 Å². The number of halogens is 1. The lowest BCUT2D eigenvalue weighted by atomic mass is 9.94. The Labute approximate surface area is 533 Å². The van der Waals surface area contributed by atoms with Crippen LogP contribution in [-0.2, 0) is 11.8 Å². The number of aromatic hydroxyl groups is 3. The smallest absolute Gasteiger partial charge is 0.245 e. The molecule has 6 aromatic heterocycles. The van der Waals surface area contributed by atoms with Gasteiger partial charge in [0, 0.05) is 147 Å². The van der Waals surface area contributed by atoms with Crippen molar-refractivity contribution in [3.8, 4) is 84.4 Å². The van der Waals surface area contributed by atoms with Crippen molar-refractivity contribution in [3.05, 3.63) is 110 Å². The summed E-state index contributed by atoms with van der Waals surface area (Å²) in [5.41, 5.74) is 9.16. The summed E-state index contributed by atoms with van der Waals surface area (Å²) in [4.78, 5) is 20.1. The van der Waals surface area contributed by atoms with Crippen molar-refractivity contribution in [1.82, 2.24) is 91.7 Å². The first-order valence-corrected chi connectivity index (χ1v) is 32.0. The predicted octanol–water partition coefficient (Wildman–Crippen LogP) is 8.07. The van der Waals surface area contributed by atoms with Gasteiger partial charge in [-0.05, 0) is 130 Å². The summed E-state index contributed by atoms with van der Waals surface area (Å²) in [6, 6.07) is 18.0. The number of aromatic nitrogens is 15. The van der Waals surface area contributed by atoms with Crippen LogP contribution in [0.2, 0.25) is 0 Å². The third kappa shape index (κ3) is 14.3. The Kier molecular flexibility index (Phi) is 18.1. The third-order valence-electron chi connectivity index (χ3n) is 18.6. The molecule has 10 heterocycles. The van der Waals surface area contributed by atoms with Crippen LogP contribution in [0.1, 0.15) is 85.0 Å². The molecular formula is C66H80FN21O4. The van der Waals surface area contributed by atoms with Gasteiger partial charge in [0.05, 0.1) is 37.2 Å². The van der Waals surface area contributed by atoms with Crippen LogP contribution in [0, 0.1) is 5.92 Å². The minimum Gasteiger partial charge on any atom is -0.507 e. The van der Waals surface area contributed by atoms with E-state index in [1.165, 1.54) is 12.8 Å². The van der Waals surface area contributed by atoms with Gasteiger partial charge in [-0.25, -0.2) is 19.3 Å². The van der Waals surface area contributed by atoms with E-state index in [4.69, 9.17) is 4.74 Å². The van der Waals surface area contributed by atoms with E-state index in [0.717, 1.165) is 124 Å². The SMILES string of the molecule is CC(C)NC1(C)CCN(c2ncc(-c3ccc(-c4cnn(C)c4)cc3O)nn2)C1.Oc1cc(-c2cn[nH]c2)ccc1-c1cnc(N2CCC(C3(NC4CCOCC4)CC3)C2)nn1.Oc1cc(-c2cn[nH]c2)ccc1-c1cnc(N2CCC(NC3CCC(F)C3)C2)nn1. The largest absolute Gasteiger partial charge is 0.507 e. The van der Waals surface area contributed by atoms with Gasteiger partial charge in [0.15, 0.2) is 0 Å². The van der Waals surface area contributed by atoms with E-state index in [2.05, 4.69) is 122 Å². The number of phenols is 3. The fraction of sp³-hybridized carbons (Fsp3) is 0.455. The lowest BCUT2D eigenvalue weighted by Gasteiger charge is -2.32. The number of phenolic OH excluding ortho intramolecular Hbond substituents is 3. The highest BCUT2D eigenvalue weighted by Gasteiger charge is 2.52. The molecule has 6 fully saturated rings. The van der Waals surface area contributed by atoms with Crippen LogP contribution >= 0.6 is 0 Å². The number of hydrogen-bond acceptors (Lipinski definition) is 22. The van der Waals surface area contributed by atoms with Crippen molar-refractivity contribution in [2.45, 2.75) is 126 Å². The van der Waals surface area contributed by atoms with Gasteiger partial charge < -0.3 is 50.7 Å². The highest BCUT2D eigenvalue weighted by Crippen LogP contribution is 2.47. The lowest BCUT2D eigenvalue weighted by Crippen LogP contribution is -2.48. The highest BCUT2D eigenvalue weighted by molar-refractivity contribution is 5.76. The van der Waals surface area contributed by atoms with Gasteiger partial charge in [-0.3, -0.25) is 14.9 Å². The Balaban J connectivity index is 0.000000126. The first-order chi connectivity index (χ1) is 44.7. The van der Waals surface area contributed by atoms with Gasteiger partial charge in [-0.2, -0.15) is 15.3 Å². The molecule has 5 atom stereocenters. The second kappa shape index (κ2) is 27.0. The summed E-state index contributed by atoms with van der Waals surface area (Å²) >= 11 is 0. The van der Waals surface area contributed by atoms with Gasteiger partial charge in [-0.15, -0.1) is 30.6 Å². The van der Waals surface area contributed by atoms with Crippen LogP contribution in [-0.4, -0.2) is 185 Å². The number of anilines is 3. The standard InChI is InChI=1S/C24H29N7O2.C21H24FN7O.C21H27N7O/c32-22-11-16(17-12-26-27-13-17)1-2-20(22)21-14-25-23(30-29-21)31-8-3-18(15-31)24(6-7-24)28-19-4-9-33-10-5-19;22-15-2-3-16(8-15)26-17-5-6-29(12-17)21-23-11-19(27-28-21)18-4-1-13(7-20(18)30)14-9-24-25-10-14;1-14(2)24-21(3)7-8-28(13-21)20-22-11-18(25-26-20)17-6-5-15(9-19(17)29)16-10-23-27(4)12-16/h1-2,11-14,18-19,28,32H,3-10,15H2,(H,26,27);1,4,7,9-11,15-17,26,30H,2-3,5-6,8,12H2,(H,24,25);5-6,9-12,14,24,29H,7-8,13H2,1-4H3. The molecular weight excluding hydrogens is 1170 g/mol. The Bertz CT molecular complexity index is 3890. The topological polar surface area (TPSA) is 307 Å². The van der Waals surface area contributed by atoms with E-state index >= 15 is 0 Å². The fourth-order valence-electron chi connectivity index (χ4n) is 13.7.